The Hall–Kier alpha value is -0.610. The third-order valence-corrected chi connectivity index (χ3v) is 2.14. The molecule has 14 heavy (non-hydrogen) atoms. The minimum Gasteiger partial charge on any atom is -0.385 e. The van der Waals surface area contributed by atoms with E-state index in [1.54, 1.807) is 7.11 Å². The van der Waals surface area contributed by atoms with Gasteiger partial charge in [0, 0.05) is 26.8 Å². The summed E-state index contributed by atoms with van der Waals surface area (Å²) < 4.78 is 4.89. The maximum atomic E-state index is 11.5. The molecule has 0 rings (SSSR count). The Kier molecular flexibility index (Phi) is 8.57. The van der Waals surface area contributed by atoms with Gasteiger partial charge in [0.2, 0.25) is 5.91 Å². The highest BCUT2D eigenvalue weighted by molar-refractivity contribution is 5.78. The summed E-state index contributed by atoms with van der Waals surface area (Å²) in [5.41, 5.74) is 0. The maximum absolute atomic E-state index is 11.5. The Labute approximate surface area is 86.4 Å². The first-order valence-corrected chi connectivity index (χ1v) is 5.17. The molecule has 0 saturated heterocycles. The molecule has 4 heteroatoms. The molecule has 0 radical (unpaired) electrons. The zero-order valence-electron chi connectivity index (χ0n) is 9.43. The van der Waals surface area contributed by atoms with E-state index in [1.807, 2.05) is 14.0 Å². The van der Waals surface area contributed by atoms with Crippen LogP contribution in [0.5, 0.6) is 0 Å². The maximum Gasteiger partial charge on any atom is 0.224 e. The van der Waals surface area contributed by atoms with Gasteiger partial charge in [-0.2, -0.15) is 0 Å². The molecule has 0 aromatic carbocycles. The Balaban J connectivity index is 3.58. The summed E-state index contributed by atoms with van der Waals surface area (Å²) in [5, 5.41) is 5.91. The highest BCUT2D eigenvalue weighted by atomic mass is 16.5. The number of rotatable bonds is 8. The van der Waals surface area contributed by atoms with Gasteiger partial charge in [0.15, 0.2) is 0 Å². The molecule has 4 nitrogen and oxygen atoms in total. The van der Waals surface area contributed by atoms with Crippen molar-refractivity contribution in [1.29, 1.82) is 0 Å². The second-order valence-corrected chi connectivity index (χ2v) is 3.30. The lowest BCUT2D eigenvalue weighted by Gasteiger charge is -2.14. The van der Waals surface area contributed by atoms with Gasteiger partial charge in [-0.1, -0.05) is 6.92 Å². The summed E-state index contributed by atoms with van der Waals surface area (Å²) in [6.45, 7) is 4.17. The van der Waals surface area contributed by atoms with E-state index in [-0.39, 0.29) is 11.8 Å². The van der Waals surface area contributed by atoms with Crippen molar-refractivity contribution >= 4 is 5.91 Å². The Bertz CT molecular complexity index is 151. The first-order valence-electron chi connectivity index (χ1n) is 5.17. The van der Waals surface area contributed by atoms with Gasteiger partial charge in [-0.15, -0.1) is 0 Å². The summed E-state index contributed by atoms with van der Waals surface area (Å²) in [4.78, 5) is 11.5. The Morgan fingerprint density at radius 1 is 1.50 bits per heavy atom. The molecule has 1 atom stereocenters. The van der Waals surface area contributed by atoms with E-state index in [2.05, 4.69) is 10.6 Å². The zero-order valence-corrected chi connectivity index (χ0v) is 9.43. The van der Waals surface area contributed by atoms with Gasteiger partial charge in [-0.25, -0.2) is 0 Å². The van der Waals surface area contributed by atoms with E-state index in [0.29, 0.717) is 13.2 Å². The van der Waals surface area contributed by atoms with Gasteiger partial charge in [0.25, 0.3) is 0 Å². The van der Waals surface area contributed by atoms with Crippen LogP contribution < -0.4 is 10.6 Å². The van der Waals surface area contributed by atoms with E-state index in [0.717, 1.165) is 19.4 Å². The lowest BCUT2D eigenvalue weighted by Crippen LogP contribution is -2.36. The lowest BCUT2D eigenvalue weighted by atomic mass is 10.1. The molecule has 1 unspecified atom stereocenters. The van der Waals surface area contributed by atoms with Gasteiger partial charge in [0.05, 0.1) is 5.92 Å². The zero-order chi connectivity index (χ0) is 10.8. The fourth-order valence-corrected chi connectivity index (χ4v) is 1.24. The van der Waals surface area contributed by atoms with Crippen molar-refractivity contribution in [2.24, 2.45) is 5.92 Å². The smallest absolute Gasteiger partial charge is 0.224 e. The third kappa shape index (κ3) is 5.94. The van der Waals surface area contributed by atoms with Gasteiger partial charge >= 0.3 is 0 Å². The van der Waals surface area contributed by atoms with E-state index in [9.17, 15) is 4.79 Å². The van der Waals surface area contributed by atoms with Crippen LogP contribution in [-0.4, -0.2) is 39.8 Å². The molecule has 0 fully saturated rings. The molecule has 0 aliphatic heterocycles. The van der Waals surface area contributed by atoms with Crippen LogP contribution in [0, 0.1) is 5.92 Å². The summed E-state index contributed by atoms with van der Waals surface area (Å²) >= 11 is 0. The average molecular weight is 202 g/mol. The van der Waals surface area contributed by atoms with Crippen molar-refractivity contribution in [2.45, 2.75) is 19.8 Å². The molecule has 84 valence electrons. The first-order chi connectivity index (χ1) is 6.76. The Morgan fingerprint density at radius 2 is 2.21 bits per heavy atom. The molecule has 0 aromatic rings. The largest absolute Gasteiger partial charge is 0.385 e. The summed E-state index contributed by atoms with van der Waals surface area (Å²) in [5.74, 6) is 0.223. The summed E-state index contributed by atoms with van der Waals surface area (Å²) in [6, 6.07) is 0. The molecule has 1 amide bonds. The van der Waals surface area contributed by atoms with Crippen molar-refractivity contribution in [3.63, 3.8) is 0 Å². The number of hydrogen-bond acceptors (Lipinski definition) is 3. The van der Waals surface area contributed by atoms with E-state index < -0.39 is 0 Å². The molecule has 2 N–H and O–H groups in total. The van der Waals surface area contributed by atoms with Crippen LogP contribution >= 0.6 is 0 Å². The van der Waals surface area contributed by atoms with Crippen molar-refractivity contribution in [2.75, 3.05) is 33.9 Å². The third-order valence-electron chi connectivity index (χ3n) is 2.14. The SMILES string of the molecule is CCC(CNC)C(=O)NCCCOC. The molecule has 0 aromatic heterocycles. The first kappa shape index (κ1) is 13.4. The monoisotopic (exact) mass is 202 g/mol. The highest BCUT2D eigenvalue weighted by Gasteiger charge is 2.13. The van der Waals surface area contributed by atoms with Crippen LogP contribution in [-0.2, 0) is 9.53 Å². The fraction of sp³-hybridized carbons (Fsp3) is 0.900. The standard InChI is InChI=1S/C10H22N2O2/c1-4-9(8-11-2)10(13)12-6-5-7-14-3/h9,11H,4-8H2,1-3H3,(H,12,13). The van der Waals surface area contributed by atoms with Gasteiger partial charge in [-0.05, 0) is 19.9 Å². The number of nitrogens with one attached hydrogen (secondary N) is 2. The van der Waals surface area contributed by atoms with Crippen LogP contribution in [0.3, 0.4) is 0 Å². The van der Waals surface area contributed by atoms with E-state index in [1.165, 1.54) is 0 Å². The molecule has 0 heterocycles. The second kappa shape index (κ2) is 8.97. The van der Waals surface area contributed by atoms with Crippen LogP contribution in [0.2, 0.25) is 0 Å². The second-order valence-electron chi connectivity index (χ2n) is 3.30. The predicted octanol–water partition coefficient (Wildman–Crippen LogP) is 0.385. The lowest BCUT2D eigenvalue weighted by molar-refractivity contribution is -0.124. The molecule has 0 aliphatic rings. The van der Waals surface area contributed by atoms with Crippen LogP contribution in [0.25, 0.3) is 0 Å². The molecule has 0 saturated carbocycles. The number of methoxy groups -OCH3 is 1. The minimum atomic E-state index is 0.0857. The van der Waals surface area contributed by atoms with Crippen molar-refractivity contribution in [3.05, 3.63) is 0 Å². The van der Waals surface area contributed by atoms with Gasteiger partial charge < -0.3 is 15.4 Å². The normalized spacial score (nSPS) is 12.5. The van der Waals surface area contributed by atoms with E-state index in [4.69, 9.17) is 4.74 Å². The van der Waals surface area contributed by atoms with Gasteiger partial charge in [-0.3, -0.25) is 4.79 Å². The molecular formula is C10H22N2O2. The quantitative estimate of drug-likeness (QED) is 0.560. The Morgan fingerprint density at radius 3 is 2.71 bits per heavy atom. The van der Waals surface area contributed by atoms with Crippen molar-refractivity contribution in [1.82, 2.24) is 10.6 Å². The summed E-state index contributed by atoms with van der Waals surface area (Å²) in [7, 11) is 3.53. The minimum absolute atomic E-state index is 0.0857. The topological polar surface area (TPSA) is 50.4 Å². The van der Waals surface area contributed by atoms with Crippen molar-refractivity contribution < 1.29 is 9.53 Å². The van der Waals surface area contributed by atoms with Crippen LogP contribution in [0.15, 0.2) is 0 Å². The van der Waals surface area contributed by atoms with E-state index >= 15 is 0 Å². The number of ether oxygens (including phenoxy) is 1. The number of hydrogen-bond donors (Lipinski definition) is 2. The van der Waals surface area contributed by atoms with Crippen LogP contribution in [0.4, 0.5) is 0 Å². The average Bonchev–Trinajstić information content (AvgIpc) is 2.20. The number of carbonyl (C=O) groups excluding carboxylic acids is 1. The molecule has 0 spiro atoms. The summed E-state index contributed by atoms with van der Waals surface area (Å²) in [6.07, 6.45) is 1.75. The molecule has 0 aliphatic carbocycles. The fourth-order valence-electron chi connectivity index (χ4n) is 1.24. The molecule has 0 bridgehead atoms. The highest BCUT2D eigenvalue weighted by Crippen LogP contribution is 2.00. The van der Waals surface area contributed by atoms with Crippen molar-refractivity contribution in [3.8, 4) is 0 Å². The number of carbonyl (C=O) groups is 1. The van der Waals surface area contributed by atoms with Crippen LogP contribution in [0.1, 0.15) is 19.8 Å². The number of amides is 1. The molecular weight excluding hydrogens is 180 g/mol. The van der Waals surface area contributed by atoms with Gasteiger partial charge in [0.1, 0.15) is 0 Å². The predicted molar refractivity (Wildman–Crippen MR) is 57.2 cm³/mol.